The molecule has 3 rings (SSSR count). The van der Waals surface area contributed by atoms with Crippen molar-refractivity contribution in [1.82, 2.24) is 0 Å². The summed E-state index contributed by atoms with van der Waals surface area (Å²) >= 11 is 0. The highest BCUT2D eigenvalue weighted by atomic mass is 16.2. The van der Waals surface area contributed by atoms with Gasteiger partial charge in [0.15, 0.2) is 5.78 Å². The van der Waals surface area contributed by atoms with Gasteiger partial charge in [0, 0.05) is 30.7 Å². The summed E-state index contributed by atoms with van der Waals surface area (Å²) in [5, 5.41) is 0. The van der Waals surface area contributed by atoms with Crippen LogP contribution in [0.2, 0.25) is 0 Å². The molecule has 2 aliphatic rings. The first-order chi connectivity index (χ1) is 24.0. The molecule has 274 valence electrons. The quantitative estimate of drug-likeness (QED) is 0.162. The number of hydrogen-bond acceptors (Lipinski definition) is 5. The summed E-state index contributed by atoms with van der Waals surface area (Å²) in [7, 11) is 0. The maximum atomic E-state index is 13.5. The minimum atomic E-state index is -0.151. The molecule has 5 heteroatoms. The van der Waals surface area contributed by atoms with Crippen molar-refractivity contribution in [3.05, 3.63) is 83.0 Å². The number of fused-ring (bicyclic) bond motifs is 1. The van der Waals surface area contributed by atoms with E-state index < -0.39 is 0 Å². The number of carbonyl (C=O) groups excluding carboxylic acids is 5. The van der Waals surface area contributed by atoms with Crippen LogP contribution in [0, 0.1) is 30.6 Å². The zero-order valence-corrected chi connectivity index (χ0v) is 31.9. The summed E-state index contributed by atoms with van der Waals surface area (Å²) < 4.78 is 0. The summed E-state index contributed by atoms with van der Waals surface area (Å²) in [6.07, 6.45) is 27.9. The second kappa shape index (κ2) is 23.8. The highest BCUT2D eigenvalue weighted by Crippen LogP contribution is 2.37. The number of Topliss-reactive ketones (excluding diaryl/α,β-unsaturated/α-hetero) is 5. The van der Waals surface area contributed by atoms with Gasteiger partial charge in [-0.2, -0.15) is 0 Å². The smallest absolute Gasteiger partial charge is 0.163 e. The number of benzene rings is 1. The Balaban J connectivity index is 0.00000278. The largest absolute Gasteiger partial charge is 0.300 e. The van der Waals surface area contributed by atoms with Gasteiger partial charge in [0.1, 0.15) is 23.1 Å². The van der Waals surface area contributed by atoms with Gasteiger partial charge < -0.3 is 0 Å². The van der Waals surface area contributed by atoms with Gasteiger partial charge in [0.05, 0.1) is 12.8 Å². The Bertz CT molecular complexity index is 1360. The highest BCUT2D eigenvalue weighted by molar-refractivity contribution is 6.02. The van der Waals surface area contributed by atoms with Crippen molar-refractivity contribution in [1.29, 1.82) is 0 Å². The van der Waals surface area contributed by atoms with Gasteiger partial charge in [-0.1, -0.05) is 108 Å². The van der Waals surface area contributed by atoms with Gasteiger partial charge in [-0.05, 0) is 99.7 Å². The molecule has 50 heavy (non-hydrogen) atoms. The SMILES string of the molecule is CCC.CCCC(CC1CC(=O)c2c(ccc(CC(=O)CC(=O)CCC3C/C=C\C=C/CC/C=C\C=C/C3)c2C)C1)C(CC)C(=O)CC(C)=O. The van der Waals surface area contributed by atoms with Crippen LogP contribution in [0.4, 0.5) is 0 Å². The molecule has 1 aromatic carbocycles. The molecule has 0 bridgehead atoms. The van der Waals surface area contributed by atoms with E-state index in [1.807, 2.05) is 26.0 Å². The second-order valence-electron chi connectivity index (χ2n) is 14.5. The molecule has 0 aliphatic heterocycles. The first kappa shape index (κ1) is 42.7. The van der Waals surface area contributed by atoms with Gasteiger partial charge in [0.25, 0.3) is 0 Å². The molecule has 0 fully saturated rings. The second-order valence-corrected chi connectivity index (χ2v) is 14.5. The third-order valence-electron chi connectivity index (χ3n) is 9.88. The number of hydrogen-bond donors (Lipinski definition) is 0. The Morgan fingerprint density at radius 2 is 1.42 bits per heavy atom. The number of ketones is 5. The van der Waals surface area contributed by atoms with Gasteiger partial charge in [-0.15, -0.1) is 0 Å². The van der Waals surface area contributed by atoms with Crippen molar-refractivity contribution >= 4 is 28.9 Å². The average Bonchev–Trinajstić information content (AvgIpc) is 3.07. The fourth-order valence-electron chi connectivity index (χ4n) is 7.48. The molecule has 3 unspecified atom stereocenters. The molecule has 0 radical (unpaired) electrons. The molecule has 0 spiro atoms. The molecular formula is C45H64O5. The minimum absolute atomic E-state index is 0.0107. The van der Waals surface area contributed by atoms with E-state index in [1.165, 1.54) is 13.3 Å². The molecule has 0 heterocycles. The van der Waals surface area contributed by atoms with Crippen LogP contribution >= 0.6 is 0 Å². The lowest BCUT2D eigenvalue weighted by molar-refractivity contribution is -0.130. The third kappa shape index (κ3) is 15.2. The van der Waals surface area contributed by atoms with Crippen molar-refractivity contribution in [3.63, 3.8) is 0 Å². The lowest BCUT2D eigenvalue weighted by atomic mass is 9.72. The maximum absolute atomic E-state index is 13.5. The molecule has 0 saturated heterocycles. The van der Waals surface area contributed by atoms with Crippen LogP contribution < -0.4 is 0 Å². The molecule has 1 aromatic rings. The van der Waals surface area contributed by atoms with E-state index in [0.717, 1.165) is 80.0 Å². The molecule has 5 nitrogen and oxygen atoms in total. The third-order valence-corrected chi connectivity index (χ3v) is 9.88. The Morgan fingerprint density at radius 1 is 0.800 bits per heavy atom. The van der Waals surface area contributed by atoms with Gasteiger partial charge >= 0.3 is 0 Å². The van der Waals surface area contributed by atoms with Crippen LogP contribution in [0.5, 0.6) is 0 Å². The van der Waals surface area contributed by atoms with Crippen molar-refractivity contribution < 1.29 is 24.0 Å². The van der Waals surface area contributed by atoms with Gasteiger partial charge in [-0.25, -0.2) is 0 Å². The summed E-state index contributed by atoms with van der Waals surface area (Å²) in [4.78, 5) is 63.9. The fraction of sp³-hybridized carbons (Fsp3) is 0.578. The predicted molar refractivity (Wildman–Crippen MR) is 206 cm³/mol. The van der Waals surface area contributed by atoms with Gasteiger partial charge in [0.2, 0.25) is 0 Å². The number of carbonyl (C=O) groups is 5. The fourth-order valence-corrected chi connectivity index (χ4v) is 7.48. The lowest BCUT2D eigenvalue weighted by Gasteiger charge is -2.32. The molecule has 0 amide bonds. The Labute approximate surface area is 303 Å². The van der Waals surface area contributed by atoms with Crippen LogP contribution in [-0.4, -0.2) is 28.9 Å². The van der Waals surface area contributed by atoms with E-state index in [0.29, 0.717) is 25.2 Å². The van der Waals surface area contributed by atoms with Crippen molar-refractivity contribution in [2.24, 2.45) is 23.7 Å². The molecule has 0 saturated carbocycles. The Morgan fingerprint density at radius 3 is 2.00 bits per heavy atom. The minimum Gasteiger partial charge on any atom is -0.300 e. The average molecular weight is 685 g/mol. The number of rotatable bonds is 16. The molecule has 0 N–H and O–H groups in total. The van der Waals surface area contributed by atoms with Crippen molar-refractivity contribution in [2.45, 2.75) is 144 Å². The highest BCUT2D eigenvalue weighted by Gasteiger charge is 2.33. The topological polar surface area (TPSA) is 85.3 Å². The summed E-state index contributed by atoms with van der Waals surface area (Å²) in [6.45, 7) is 11.8. The van der Waals surface area contributed by atoms with Crippen LogP contribution in [0.1, 0.15) is 152 Å². The zero-order valence-electron chi connectivity index (χ0n) is 31.9. The lowest BCUT2D eigenvalue weighted by Crippen LogP contribution is -2.30. The summed E-state index contributed by atoms with van der Waals surface area (Å²) in [5.74, 6) is 0.423. The van der Waals surface area contributed by atoms with Crippen molar-refractivity contribution in [2.75, 3.05) is 0 Å². The molecule has 2 aliphatic carbocycles. The number of allylic oxidation sites excluding steroid dienone is 8. The molecular weight excluding hydrogens is 620 g/mol. The van der Waals surface area contributed by atoms with Crippen LogP contribution in [0.25, 0.3) is 0 Å². The van der Waals surface area contributed by atoms with E-state index in [-0.39, 0.29) is 65.9 Å². The summed E-state index contributed by atoms with van der Waals surface area (Å²) in [6, 6.07) is 3.94. The van der Waals surface area contributed by atoms with E-state index >= 15 is 0 Å². The van der Waals surface area contributed by atoms with E-state index in [9.17, 15) is 24.0 Å². The summed E-state index contributed by atoms with van der Waals surface area (Å²) in [5.41, 5.74) is 3.42. The molecule has 0 aromatic heterocycles. The van der Waals surface area contributed by atoms with Crippen LogP contribution in [0.15, 0.2) is 60.7 Å². The van der Waals surface area contributed by atoms with E-state index in [1.54, 1.807) is 0 Å². The Hall–Kier alpha value is -3.47. The first-order valence-corrected chi connectivity index (χ1v) is 19.4. The van der Waals surface area contributed by atoms with Gasteiger partial charge in [-0.3, -0.25) is 24.0 Å². The van der Waals surface area contributed by atoms with E-state index in [2.05, 4.69) is 69.4 Å². The van der Waals surface area contributed by atoms with Crippen LogP contribution in [-0.2, 0) is 32.0 Å². The monoisotopic (exact) mass is 684 g/mol. The Kier molecular flexibility index (Phi) is 20.4. The predicted octanol–water partition coefficient (Wildman–Crippen LogP) is 10.8. The maximum Gasteiger partial charge on any atom is 0.163 e. The van der Waals surface area contributed by atoms with Crippen LogP contribution in [0.3, 0.4) is 0 Å². The van der Waals surface area contributed by atoms with E-state index in [4.69, 9.17) is 0 Å². The zero-order chi connectivity index (χ0) is 36.9. The molecule has 3 atom stereocenters. The normalized spacial score (nSPS) is 20.3. The standard InChI is InChI=1S/C42H56O5.C3H8/c1-5-17-35(39(6-2)40(46)24-30(3)43)25-33-26-36-22-21-34(31(4)42(36)41(47)27-33)28-38(45)29-37(44)23-20-32-18-15-13-11-9-7-8-10-12-14-16-19-32;1-3-2/h9-16,21-22,32-33,35,39H,5-8,17-20,23-29H2,1-4H3;3H2,1-2H3/b11-9-,12-10-,15-13-,16-14-;. The van der Waals surface area contributed by atoms with Crippen molar-refractivity contribution in [3.8, 4) is 0 Å². The first-order valence-electron chi connectivity index (χ1n) is 19.4.